The van der Waals surface area contributed by atoms with Crippen LogP contribution in [0.15, 0.2) is 47.1 Å². The highest BCUT2D eigenvalue weighted by atomic mass is 16.5. The third-order valence-corrected chi connectivity index (χ3v) is 5.80. The molecular weight excluding hydrogens is 398 g/mol. The van der Waals surface area contributed by atoms with Crippen molar-refractivity contribution >= 4 is 11.9 Å². The van der Waals surface area contributed by atoms with Gasteiger partial charge in [-0.1, -0.05) is 23.4 Å². The van der Waals surface area contributed by atoms with Crippen molar-refractivity contribution in [2.75, 3.05) is 32.1 Å². The highest BCUT2D eigenvalue weighted by Gasteiger charge is 2.48. The molecule has 0 spiro atoms. The fraction of sp³-hybridized carbons (Fsp3) is 0.364. The van der Waals surface area contributed by atoms with E-state index in [0.717, 1.165) is 29.8 Å². The van der Waals surface area contributed by atoms with Crippen LogP contribution < -0.4 is 5.32 Å². The van der Waals surface area contributed by atoms with Gasteiger partial charge in [0.25, 0.3) is 5.91 Å². The molecule has 31 heavy (non-hydrogen) atoms. The van der Waals surface area contributed by atoms with E-state index in [1.165, 1.54) is 4.90 Å². The molecule has 0 radical (unpaired) electrons. The van der Waals surface area contributed by atoms with E-state index >= 15 is 0 Å². The van der Waals surface area contributed by atoms with Gasteiger partial charge in [0.15, 0.2) is 5.76 Å². The number of nitrogens with zero attached hydrogens (tertiary/aromatic N) is 4. The predicted octanol–water partition coefficient (Wildman–Crippen LogP) is 2.05. The third-order valence-electron chi connectivity index (χ3n) is 5.80. The van der Waals surface area contributed by atoms with Crippen LogP contribution in [0.3, 0.4) is 0 Å². The molecular formula is C22H23N5O4. The molecule has 2 atom stereocenters. The smallest absolute Gasteiger partial charge is 0.262 e. The molecule has 1 amide bonds. The number of carbonyl (C=O) groups excluding carboxylic acids is 1. The molecule has 1 unspecified atom stereocenters. The summed E-state index contributed by atoms with van der Waals surface area (Å²) in [4.78, 5) is 22.8. The van der Waals surface area contributed by atoms with Crippen LogP contribution in [-0.2, 0) is 15.1 Å². The number of anilines is 1. The second-order valence-electron chi connectivity index (χ2n) is 7.96. The minimum absolute atomic E-state index is 0.162. The number of ether oxygens (including phenoxy) is 1. The highest BCUT2D eigenvalue weighted by Crippen LogP contribution is 2.35. The number of carbonyl (C=O) groups is 1. The summed E-state index contributed by atoms with van der Waals surface area (Å²) in [7, 11) is 1.66. The summed E-state index contributed by atoms with van der Waals surface area (Å²) in [6.45, 7) is 1.87. The second kappa shape index (κ2) is 7.75. The Morgan fingerprint density at radius 3 is 2.81 bits per heavy atom. The molecule has 0 saturated carbocycles. The molecule has 9 heteroatoms. The first-order valence-electron chi connectivity index (χ1n) is 10.3. The molecule has 160 valence electrons. The van der Waals surface area contributed by atoms with Crippen molar-refractivity contribution in [2.24, 2.45) is 0 Å². The van der Waals surface area contributed by atoms with Gasteiger partial charge in [0.1, 0.15) is 5.69 Å². The monoisotopic (exact) mass is 421 g/mol. The number of hydrogen-bond acceptors (Lipinski definition) is 8. The molecule has 4 heterocycles. The number of likely N-dealkylation sites (tertiary alicyclic amines) is 1. The Kier molecular flexibility index (Phi) is 4.91. The first-order chi connectivity index (χ1) is 15.0. The Morgan fingerprint density at radius 1 is 1.23 bits per heavy atom. The summed E-state index contributed by atoms with van der Waals surface area (Å²) in [5, 5.41) is 18.2. The van der Waals surface area contributed by atoms with E-state index in [2.05, 4.69) is 20.4 Å². The molecule has 0 bridgehead atoms. The van der Waals surface area contributed by atoms with Crippen molar-refractivity contribution in [3.8, 4) is 22.5 Å². The van der Waals surface area contributed by atoms with Gasteiger partial charge in [-0.25, -0.2) is 9.97 Å². The van der Waals surface area contributed by atoms with Crippen LogP contribution >= 0.6 is 0 Å². The average Bonchev–Trinajstić information content (AvgIpc) is 3.54. The topological polar surface area (TPSA) is 114 Å². The van der Waals surface area contributed by atoms with E-state index in [0.29, 0.717) is 24.8 Å². The summed E-state index contributed by atoms with van der Waals surface area (Å²) in [5.41, 5.74) is 1.35. The first-order valence-corrected chi connectivity index (χ1v) is 10.3. The molecule has 2 saturated heterocycles. The maximum absolute atomic E-state index is 12.3. The van der Waals surface area contributed by atoms with Crippen LogP contribution in [0, 0.1) is 0 Å². The maximum atomic E-state index is 12.3. The summed E-state index contributed by atoms with van der Waals surface area (Å²) in [6.07, 6.45) is 2.93. The van der Waals surface area contributed by atoms with Crippen molar-refractivity contribution in [1.29, 1.82) is 0 Å². The van der Waals surface area contributed by atoms with Gasteiger partial charge in [-0.15, -0.1) is 0 Å². The lowest BCUT2D eigenvalue weighted by Crippen LogP contribution is -2.35. The van der Waals surface area contributed by atoms with E-state index in [9.17, 15) is 9.90 Å². The van der Waals surface area contributed by atoms with E-state index in [1.807, 2.05) is 30.3 Å². The van der Waals surface area contributed by atoms with Crippen molar-refractivity contribution in [3.05, 3.63) is 48.4 Å². The lowest BCUT2D eigenvalue weighted by Gasteiger charge is -2.16. The quantitative estimate of drug-likeness (QED) is 0.644. The number of aliphatic hydroxyl groups is 1. The Balaban J connectivity index is 1.40. The van der Waals surface area contributed by atoms with Crippen molar-refractivity contribution in [1.82, 2.24) is 20.0 Å². The minimum Gasteiger partial charge on any atom is -0.379 e. The summed E-state index contributed by atoms with van der Waals surface area (Å²) >= 11 is 0. The minimum atomic E-state index is -1.66. The highest BCUT2D eigenvalue weighted by molar-refractivity contribution is 5.87. The van der Waals surface area contributed by atoms with Crippen LogP contribution in [0.1, 0.15) is 18.6 Å². The predicted molar refractivity (Wildman–Crippen MR) is 112 cm³/mol. The van der Waals surface area contributed by atoms with Crippen LogP contribution in [0.2, 0.25) is 0 Å². The summed E-state index contributed by atoms with van der Waals surface area (Å²) in [5.74, 6) is 0.348. The second-order valence-corrected chi connectivity index (χ2v) is 7.96. The van der Waals surface area contributed by atoms with Gasteiger partial charge in [-0.3, -0.25) is 4.79 Å². The Labute approximate surface area is 179 Å². The Hall–Kier alpha value is -3.30. The molecule has 2 N–H and O–H groups in total. The maximum Gasteiger partial charge on any atom is 0.262 e. The Bertz CT molecular complexity index is 1110. The molecule has 2 aromatic heterocycles. The number of benzene rings is 1. The van der Waals surface area contributed by atoms with Crippen molar-refractivity contribution in [3.63, 3.8) is 0 Å². The van der Waals surface area contributed by atoms with Crippen LogP contribution in [0.4, 0.5) is 5.95 Å². The summed E-state index contributed by atoms with van der Waals surface area (Å²) < 4.78 is 10.8. The van der Waals surface area contributed by atoms with Crippen molar-refractivity contribution < 1.29 is 19.2 Å². The largest absolute Gasteiger partial charge is 0.379 e. The van der Waals surface area contributed by atoms with E-state index in [4.69, 9.17) is 9.26 Å². The molecule has 1 aromatic carbocycles. The van der Waals surface area contributed by atoms with Gasteiger partial charge in [-0.05, 0) is 18.6 Å². The normalized spacial score (nSPS) is 23.5. The number of likely N-dealkylation sites (N-methyl/N-ethyl adjacent to an activating group) is 1. The summed E-state index contributed by atoms with van der Waals surface area (Å²) in [6, 6.07) is 11.4. The van der Waals surface area contributed by atoms with Crippen molar-refractivity contribution in [2.45, 2.75) is 24.5 Å². The van der Waals surface area contributed by atoms with Crippen LogP contribution in [0.25, 0.3) is 22.5 Å². The third kappa shape index (κ3) is 3.66. The number of hydrogen-bond donors (Lipinski definition) is 2. The van der Waals surface area contributed by atoms with Gasteiger partial charge in [0.2, 0.25) is 11.5 Å². The average molecular weight is 421 g/mol. The van der Waals surface area contributed by atoms with E-state index in [-0.39, 0.29) is 24.1 Å². The SMILES string of the molecule is CN1CC[C@@](O)(c2cc(-c3cccc(-c4ccnc(NC5CCOC5)n4)c3)no2)C1=O. The molecule has 3 aromatic rings. The van der Waals surface area contributed by atoms with Gasteiger partial charge in [0, 0.05) is 50.0 Å². The zero-order valence-corrected chi connectivity index (χ0v) is 17.1. The van der Waals surface area contributed by atoms with Gasteiger partial charge >= 0.3 is 0 Å². The molecule has 5 rings (SSSR count). The fourth-order valence-electron chi connectivity index (χ4n) is 3.95. The first kappa shape index (κ1) is 19.7. The number of nitrogens with one attached hydrogen (secondary N) is 1. The number of amides is 1. The Morgan fingerprint density at radius 2 is 2.06 bits per heavy atom. The molecule has 0 aliphatic carbocycles. The lowest BCUT2D eigenvalue weighted by molar-refractivity contribution is -0.144. The standard InChI is InChI=1S/C22H23N5O4/c1-27-9-7-22(29,20(27)28)19-12-18(26-31-19)15-4-2-3-14(11-15)17-5-8-23-21(25-17)24-16-6-10-30-13-16/h2-5,8,11-12,16,29H,6-7,9-10,13H2,1H3,(H,23,24,25)/t16?,22-/m1/s1. The number of rotatable bonds is 5. The molecule has 2 fully saturated rings. The number of aromatic nitrogens is 3. The molecule has 2 aliphatic heterocycles. The van der Waals surface area contributed by atoms with Gasteiger partial charge in [0.05, 0.1) is 18.3 Å². The van der Waals surface area contributed by atoms with E-state index < -0.39 is 5.60 Å². The van der Waals surface area contributed by atoms with Crippen LogP contribution in [0.5, 0.6) is 0 Å². The van der Waals surface area contributed by atoms with E-state index in [1.54, 1.807) is 19.3 Å². The molecule has 9 nitrogen and oxygen atoms in total. The zero-order chi connectivity index (χ0) is 21.4. The zero-order valence-electron chi connectivity index (χ0n) is 17.1. The fourth-order valence-corrected chi connectivity index (χ4v) is 3.95. The van der Waals surface area contributed by atoms with Gasteiger partial charge in [-0.2, -0.15) is 0 Å². The molecule has 2 aliphatic rings. The van der Waals surface area contributed by atoms with Gasteiger partial charge < -0.3 is 24.6 Å². The lowest BCUT2D eigenvalue weighted by atomic mass is 9.98. The van der Waals surface area contributed by atoms with Crippen LogP contribution in [-0.4, -0.2) is 63.9 Å².